The van der Waals surface area contributed by atoms with Crippen LogP contribution in [0.1, 0.15) is 17.0 Å². The number of aromatic amines is 2. The van der Waals surface area contributed by atoms with Gasteiger partial charge >= 0.3 is 12.1 Å². The quantitative estimate of drug-likeness (QED) is 0.658. The molecule has 0 unspecified atom stereocenters. The van der Waals surface area contributed by atoms with Crippen LogP contribution in [0, 0.1) is 6.92 Å². The number of carboxylic acid groups (broad SMARTS) is 1. The van der Waals surface area contributed by atoms with Gasteiger partial charge in [-0.2, -0.15) is 18.3 Å². The number of aromatic nitrogens is 3. The summed E-state index contributed by atoms with van der Waals surface area (Å²) in [6.45, 7) is 3.80. The highest BCUT2D eigenvalue weighted by atomic mass is 19.4. The molecule has 140 valence electrons. The summed E-state index contributed by atoms with van der Waals surface area (Å²) in [5, 5.41) is 15.6. The first-order chi connectivity index (χ1) is 12.1. The van der Waals surface area contributed by atoms with Gasteiger partial charge in [0.15, 0.2) is 0 Å². The lowest BCUT2D eigenvalue weighted by Crippen LogP contribution is -2.21. The summed E-state index contributed by atoms with van der Waals surface area (Å²) in [6.07, 6.45) is -3.11. The van der Waals surface area contributed by atoms with Crippen LogP contribution in [0.2, 0.25) is 0 Å². The zero-order valence-corrected chi connectivity index (χ0v) is 14.3. The van der Waals surface area contributed by atoms with Gasteiger partial charge in [0.25, 0.3) is 0 Å². The van der Waals surface area contributed by atoms with Crippen molar-refractivity contribution in [3.05, 3.63) is 53.5 Å². The summed E-state index contributed by atoms with van der Waals surface area (Å²) in [4.78, 5) is 14.4. The minimum Gasteiger partial charge on any atom is -0.475 e. The molecule has 6 nitrogen and oxygen atoms in total. The van der Waals surface area contributed by atoms with Gasteiger partial charge in [0.05, 0.1) is 5.69 Å². The molecular formula is C17H19F3N4O2. The third-order valence-electron chi connectivity index (χ3n) is 3.51. The minimum absolute atomic E-state index is 0.854. The largest absolute Gasteiger partial charge is 0.490 e. The van der Waals surface area contributed by atoms with Crippen LogP contribution in [0.5, 0.6) is 0 Å². The normalized spacial score (nSPS) is 11.5. The molecular weight excluding hydrogens is 349 g/mol. The molecule has 1 aromatic carbocycles. The Balaban J connectivity index is 0.000000298. The molecule has 0 amide bonds. The Kier molecular flexibility index (Phi) is 6.04. The molecule has 0 saturated heterocycles. The number of alkyl halides is 3. The summed E-state index contributed by atoms with van der Waals surface area (Å²) in [6, 6.07) is 10.7. The van der Waals surface area contributed by atoms with E-state index in [0.29, 0.717) is 0 Å². The van der Waals surface area contributed by atoms with Gasteiger partial charge in [-0.1, -0.05) is 12.1 Å². The predicted molar refractivity (Wildman–Crippen MR) is 90.5 cm³/mol. The molecule has 0 fully saturated rings. The fourth-order valence-corrected chi connectivity index (χ4v) is 2.39. The number of rotatable bonds is 4. The molecule has 0 radical (unpaired) electrons. The lowest BCUT2D eigenvalue weighted by Gasteiger charge is -2.15. The van der Waals surface area contributed by atoms with Gasteiger partial charge in [0, 0.05) is 30.5 Å². The van der Waals surface area contributed by atoms with E-state index in [9.17, 15) is 13.2 Å². The summed E-state index contributed by atoms with van der Waals surface area (Å²) >= 11 is 0. The number of carboxylic acids is 1. The second kappa shape index (κ2) is 8.05. The standard InChI is InChI=1S/C15H18N4.C2HF3O2/c1-11-7-14(18-17-11)10-19(2)9-12-3-4-13-5-6-16-15(13)8-12;3-2(4,5)1(6)7/h3-8,16H,9-10H2,1-2H3,(H,17,18);(H,6,7). The molecule has 3 N–H and O–H groups in total. The number of benzene rings is 1. The molecule has 0 aliphatic heterocycles. The van der Waals surface area contributed by atoms with Crippen LogP contribution in [0.25, 0.3) is 10.9 Å². The van der Waals surface area contributed by atoms with Crippen molar-refractivity contribution in [2.45, 2.75) is 26.2 Å². The Morgan fingerprint density at radius 3 is 2.50 bits per heavy atom. The smallest absolute Gasteiger partial charge is 0.475 e. The summed E-state index contributed by atoms with van der Waals surface area (Å²) in [5.41, 5.74) is 4.70. The first-order valence-electron chi connectivity index (χ1n) is 7.70. The van der Waals surface area contributed by atoms with Gasteiger partial charge in [-0.3, -0.25) is 10.00 Å². The molecule has 0 atom stereocenters. The number of H-pyrrole nitrogens is 2. The van der Waals surface area contributed by atoms with Crippen molar-refractivity contribution in [1.82, 2.24) is 20.1 Å². The number of nitrogens with zero attached hydrogens (tertiary/aromatic N) is 2. The van der Waals surface area contributed by atoms with Crippen molar-refractivity contribution in [3.8, 4) is 0 Å². The SMILES string of the molecule is Cc1cc(CN(C)Cc2ccc3cc[nH]c3c2)n[nH]1.O=C(O)C(F)(F)F. The molecule has 0 saturated carbocycles. The van der Waals surface area contributed by atoms with Crippen LogP contribution in [0.15, 0.2) is 36.5 Å². The molecule has 3 rings (SSSR count). The number of nitrogens with one attached hydrogen (secondary N) is 2. The van der Waals surface area contributed by atoms with E-state index in [0.717, 1.165) is 24.5 Å². The van der Waals surface area contributed by atoms with Gasteiger partial charge in [-0.25, -0.2) is 4.79 Å². The third-order valence-corrected chi connectivity index (χ3v) is 3.51. The van der Waals surface area contributed by atoms with Crippen molar-refractivity contribution < 1.29 is 23.1 Å². The molecule has 0 bridgehead atoms. The molecule has 2 heterocycles. The molecule has 0 aliphatic rings. The van der Waals surface area contributed by atoms with Gasteiger partial charge in [-0.15, -0.1) is 0 Å². The third kappa shape index (κ3) is 5.62. The van der Waals surface area contributed by atoms with Crippen LogP contribution < -0.4 is 0 Å². The number of aryl methyl sites for hydroxylation is 1. The van der Waals surface area contributed by atoms with Crippen molar-refractivity contribution in [2.75, 3.05) is 7.05 Å². The fraction of sp³-hybridized carbons (Fsp3) is 0.294. The van der Waals surface area contributed by atoms with E-state index in [1.807, 2.05) is 13.1 Å². The first-order valence-corrected chi connectivity index (χ1v) is 7.70. The maximum absolute atomic E-state index is 10.6. The zero-order chi connectivity index (χ0) is 19.3. The summed E-state index contributed by atoms with van der Waals surface area (Å²) in [7, 11) is 2.11. The topological polar surface area (TPSA) is 85.0 Å². The average molecular weight is 368 g/mol. The predicted octanol–water partition coefficient (Wildman–Crippen LogP) is 3.46. The van der Waals surface area contributed by atoms with Crippen molar-refractivity contribution in [3.63, 3.8) is 0 Å². The number of hydrogen-bond acceptors (Lipinski definition) is 3. The Bertz CT molecular complexity index is 870. The van der Waals surface area contributed by atoms with Crippen LogP contribution in [0.4, 0.5) is 13.2 Å². The Morgan fingerprint density at radius 1 is 1.23 bits per heavy atom. The van der Waals surface area contributed by atoms with Crippen LogP contribution in [-0.2, 0) is 17.9 Å². The molecule has 0 aliphatic carbocycles. The van der Waals surface area contributed by atoms with E-state index < -0.39 is 12.1 Å². The van der Waals surface area contributed by atoms with E-state index in [2.05, 4.69) is 57.5 Å². The van der Waals surface area contributed by atoms with Crippen LogP contribution in [0.3, 0.4) is 0 Å². The van der Waals surface area contributed by atoms with E-state index in [1.165, 1.54) is 16.5 Å². The number of hydrogen-bond donors (Lipinski definition) is 3. The second-order valence-corrected chi connectivity index (χ2v) is 5.92. The van der Waals surface area contributed by atoms with Crippen molar-refractivity contribution >= 4 is 16.9 Å². The molecule has 3 aromatic rings. The van der Waals surface area contributed by atoms with Gasteiger partial charge in [0.2, 0.25) is 0 Å². The number of carbonyl (C=O) groups is 1. The molecule has 0 spiro atoms. The van der Waals surface area contributed by atoms with Crippen LogP contribution in [-0.4, -0.2) is 44.4 Å². The Labute approximate surface area is 147 Å². The number of halogens is 3. The monoisotopic (exact) mass is 368 g/mol. The first kappa shape index (κ1) is 19.5. The van der Waals surface area contributed by atoms with E-state index in [1.54, 1.807) is 0 Å². The van der Waals surface area contributed by atoms with Gasteiger partial charge < -0.3 is 10.1 Å². The van der Waals surface area contributed by atoms with Gasteiger partial charge in [-0.05, 0) is 43.1 Å². The van der Waals surface area contributed by atoms with Crippen molar-refractivity contribution in [2.24, 2.45) is 0 Å². The molecule has 2 aromatic heterocycles. The Morgan fingerprint density at radius 2 is 1.92 bits per heavy atom. The molecule has 26 heavy (non-hydrogen) atoms. The maximum Gasteiger partial charge on any atom is 0.490 e. The Hall–Kier alpha value is -2.81. The average Bonchev–Trinajstić information content (AvgIpc) is 3.15. The fourth-order valence-electron chi connectivity index (χ4n) is 2.39. The summed E-state index contributed by atoms with van der Waals surface area (Å²) in [5.74, 6) is -2.76. The van der Waals surface area contributed by atoms with Crippen LogP contribution >= 0.6 is 0 Å². The van der Waals surface area contributed by atoms with E-state index >= 15 is 0 Å². The zero-order valence-electron chi connectivity index (χ0n) is 14.3. The summed E-state index contributed by atoms with van der Waals surface area (Å²) < 4.78 is 31.7. The van der Waals surface area contributed by atoms with Crippen molar-refractivity contribution in [1.29, 1.82) is 0 Å². The minimum atomic E-state index is -5.08. The lowest BCUT2D eigenvalue weighted by molar-refractivity contribution is -0.192. The highest BCUT2D eigenvalue weighted by Crippen LogP contribution is 2.16. The number of fused-ring (bicyclic) bond motifs is 1. The van der Waals surface area contributed by atoms with E-state index in [4.69, 9.17) is 9.90 Å². The highest BCUT2D eigenvalue weighted by molar-refractivity contribution is 5.79. The highest BCUT2D eigenvalue weighted by Gasteiger charge is 2.38. The second-order valence-electron chi connectivity index (χ2n) is 5.92. The number of aliphatic carboxylic acids is 1. The lowest BCUT2D eigenvalue weighted by atomic mass is 10.1. The molecule has 9 heteroatoms. The van der Waals surface area contributed by atoms with Gasteiger partial charge in [0.1, 0.15) is 0 Å². The van der Waals surface area contributed by atoms with E-state index in [-0.39, 0.29) is 0 Å². The maximum atomic E-state index is 10.6.